The monoisotopic (exact) mass is 266 g/mol. The molecular weight excluding hydrogens is 248 g/mol. The molecule has 18 heavy (non-hydrogen) atoms. The molecule has 1 aromatic carbocycles. The van der Waals surface area contributed by atoms with Gasteiger partial charge in [-0.2, -0.15) is 0 Å². The number of methoxy groups -OCH3 is 1. The number of anilines is 1. The maximum Gasteiger partial charge on any atom is 0.234 e. The third kappa shape index (κ3) is 3.04. The van der Waals surface area contributed by atoms with Gasteiger partial charge >= 0.3 is 0 Å². The van der Waals surface area contributed by atoms with Gasteiger partial charge in [0, 0.05) is 24.5 Å². The van der Waals surface area contributed by atoms with Crippen molar-refractivity contribution in [1.29, 1.82) is 0 Å². The minimum Gasteiger partial charge on any atom is -0.384 e. The average molecular weight is 266 g/mol. The van der Waals surface area contributed by atoms with E-state index in [0.717, 1.165) is 17.1 Å². The number of ether oxygens (including phenoxy) is 1. The molecule has 2 N–H and O–H groups in total. The summed E-state index contributed by atoms with van der Waals surface area (Å²) < 4.78 is 5.24. The lowest BCUT2D eigenvalue weighted by Gasteiger charge is -2.21. The number of carbonyl (C=O) groups excluding carboxylic acids is 1. The van der Waals surface area contributed by atoms with E-state index in [-0.39, 0.29) is 5.91 Å². The van der Waals surface area contributed by atoms with Crippen LogP contribution in [-0.4, -0.2) is 39.0 Å². The van der Waals surface area contributed by atoms with E-state index in [1.54, 1.807) is 18.9 Å². The number of hydrogen-bond acceptors (Lipinski definition) is 4. The second-order valence-electron chi connectivity index (χ2n) is 4.30. The molecule has 0 aliphatic carbocycles. The lowest BCUT2D eigenvalue weighted by atomic mass is 9.99. The number of amides is 1. The van der Waals surface area contributed by atoms with Gasteiger partial charge in [0.25, 0.3) is 0 Å². The molecule has 1 aliphatic rings. The summed E-state index contributed by atoms with van der Waals surface area (Å²) in [6.45, 7) is 1.52. The van der Waals surface area contributed by atoms with Gasteiger partial charge < -0.3 is 15.4 Å². The Morgan fingerprint density at radius 3 is 3.11 bits per heavy atom. The molecule has 1 heterocycles. The molecule has 1 unspecified atom stereocenters. The summed E-state index contributed by atoms with van der Waals surface area (Å²) in [5.74, 6) is 0.875. The second kappa shape index (κ2) is 6.22. The van der Waals surface area contributed by atoms with E-state index in [4.69, 9.17) is 4.74 Å². The summed E-state index contributed by atoms with van der Waals surface area (Å²) in [4.78, 5) is 12.5. The third-order valence-corrected chi connectivity index (χ3v) is 4.00. The van der Waals surface area contributed by atoms with Gasteiger partial charge in [0.05, 0.1) is 18.0 Å². The van der Waals surface area contributed by atoms with Crippen LogP contribution in [0.25, 0.3) is 0 Å². The number of carbonyl (C=O) groups is 1. The van der Waals surface area contributed by atoms with Crippen LogP contribution in [0, 0.1) is 0 Å². The van der Waals surface area contributed by atoms with Crippen molar-refractivity contribution in [3.8, 4) is 0 Å². The smallest absolute Gasteiger partial charge is 0.234 e. The van der Waals surface area contributed by atoms with Gasteiger partial charge in [0.15, 0.2) is 0 Å². The van der Waals surface area contributed by atoms with Crippen LogP contribution in [0.5, 0.6) is 0 Å². The number of benzene rings is 1. The first-order valence-electron chi connectivity index (χ1n) is 5.94. The zero-order valence-electron chi connectivity index (χ0n) is 10.7. The molecule has 5 heteroatoms. The van der Waals surface area contributed by atoms with Crippen LogP contribution >= 0.6 is 11.8 Å². The van der Waals surface area contributed by atoms with Gasteiger partial charge in [0.1, 0.15) is 0 Å². The molecular formula is C13H18N2O2S. The van der Waals surface area contributed by atoms with Crippen molar-refractivity contribution in [3.63, 3.8) is 0 Å². The van der Waals surface area contributed by atoms with E-state index >= 15 is 0 Å². The molecule has 1 aliphatic heterocycles. The summed E-state index contributed by atoms with van der Waals surface area (Å²) in [5.41, 5.74) is 2.11. The van der Waals surface area contributed by atoms with Crippen LogP contribution in [-0.2, 0) is 9.53 Å². The van der Waals surface area contributed by atoms with Crippen molar-refractivity contribution in [2.24, 2.45) is 0 Å². The van der Waals surface area contributed by atoms with Crippen molar-refractivity contribution in [2.75, 3.05) is 38.4 Å². The lowest BCUT2D eigenvalue weighted by molar-refractivity contribution is -0.113. The van der Waals surface area contributed by atoms with Crippen molar-refractivity contribution in [3.05, 3.63) is 23.8 Å². The van der Waals surface area contributed by atoms with E-state index in [1.165, 1.54) is 5.56 Å². The average Bonchev–Trinajstić information content (AvgIpc) is 2.37. The number of rotatable bonds is 5. The molecule has 0 aromatic heterocycles. The first-order chi connectivity index (χ1) is 8.74. The minimum atomic E-state index is 0.0709. The van der Waals surface area contributed by atoms with Crippen molar-refractivity contribution in [2.45, 2.75) is 10.8 Å². The second-order valence-corrected chi connectivity index (χ2v) is 5.32. The van der Waals surface area contributed by atoms with E-state index in [9.17, 15) is 4.79 Å². The van der Waals surface area contributed by atoms with E-state index in [2.05, 4.69) is 28.8 Å². The van der Waals surface area contributed by atoms with E-state index in [1.807, 2.05) is 7.05 Å². The molecule has 98 valence electrons. The van der Waals surface area contributed by atoms with Gasteiger partial charge in [-0.25, -0.2) is 0 Å². The number of likely N-dealkylation sites (N-methyl/N-ethyl adjacent to an activating group) is 1. The molecule has 0 saturated heterocycles. The van der Waals surface area contributed by atoms with Gasteiger partial charge in [-0.1, -0.05) is 6.07 Å². The predicted molar refractivity (Wildman–Crippen MR) is 74.3 cm³/mol. The molecule has 1 aromatic rings. The Hall–Kier alpha value is -1.04. The van der Waals surface area contributed by atoms with Crippen molar-refractivity contribution >= 4 is 23.4 Å². The Bertz CT molecular complexity index is 431. The molecule has 0 saturated carbocycles. The molecule has 4 nitrogen and oxygen atoms in total. The highest BCUT2D eigenvalue weighted by molar-refractivity contribution is 8.00. The maximum absolute atomic E-state index is 11.4. The number of nitrogens with one attached hydrogen (secondary N) is 2. The Kier molecular flexibility index (Phi) is 4.63. The van der Waals surface area contributed by atoms with Crippen LogP contribution in [0.2, 0.25) is 0 Å². The zero-order valence-corrected chi connectivity index (χ0v) is 11.5. The Labute approximate surface area is 111 Å². The highest BCUT2D eigenvalue weighted by atomic mass is 32.2. The molecule has 0 radical (unpaired) electrons. The van der Waals surface area contributed by atoms with Gasteiger partial charge in [0.2, 0.25) is 5.91 Å². The van der Waals surface area contributed by atoms with Crippen LogP contribution in [0.1, 0.15) is 11.5 Å². The standard InChI is InChI=1S/C13H18N2O2S/c1-14-6-10(7-17-2)9-3-4-12-11(5-9)15-13(16)8-18-12/h3-5,10,14H,6-8H2,1-2H3,(H,15,16). The predicted octanol–water partition coefficient (Wildman–Crippen LogP) is 1.68. The Morgan fingerprint density at radius 1 is 1.56 bits per heavy atom. The van der Waals surface area contributed by atoms with E-state index in [0.29, 0.717) is 18.3 Å². The quantitative estimate of drug-likeness (QED) is 0.851. The fourth-order valence-electron chi connectivity index (χ4n) is 2.08. The van der Waals surface area contributed by atoms with E-state index < -0.39 is 0 Å². The molecule has 0 bridgehead atoms. The normalized spacial score (nSPS) is 16.0. The molecule has 0 spiro atoms. The van der Waals surface area contributed by atoms with Crippen molar-refractivity contribution < 1.29 is 9.53 Å². The highest BCUT2D eigenvalue weighted by Gasteiger charge is 2.18. The fourth-order valence-corrected chi connectivity index (χ4v) is 2.86. The highest BCUT2D eigenvalue weighted by Crippen LogP contribution is 2.33. The Morgan fingerprint density at radius 2 is 2.39 bits per heavy atom. The topological polar surface area (TPSA) is 50.4 Å². The molecule has 0 fully saturated rings. The molecule has 2 rings (SSSR count). The SMILES string of the molecule is CNCC(COC)c1ccc2c(c1)NC(=O)CS2. The van der Waals surface area contributed by atoms with Gasteiger partial charge in [-0.15, -0.1) is 11.8 Å². The summed E-state index contributed by atoms with van der Waals surface area (Å²) in [6.07, 6.45) is 0. The van der Waals surface area contributed by atoms with Crippen LogP contribution < -0.4 is 10.6 Å². The van der Waals surface area contributed by atoms with Crippen molar-refractivity contribution in [1.82, 2.24) is 5.32 Å². The summed E-state index contributed by atoms with van der Waals surface area (Å²) >= 11 is 1.59. The van der Waals surface area contributed by atoms with Crippen LogP contribution in [0.4, 0.5) is 5.69 Å². The summed E-state index contributed by atoms with van der Waals surface area (Å²) in [6, 6.07) is 6.25. The molecule has 1 amide bonds. The lowest BCUT2D eigenvalue weighted by Crippen LogP contribution is -2.22. The van der Waals surface area contributed by atoms with Gasteiger partial charge in [-0.3, -0.25) is 4.79 Å². The number of hydrogen-bond donors (Lipinski definition) is 2. The molecule has 1 atom stereocenters. The first-order valence-corrected chi connectivity index (χ1v) is 6.93. The zero-order chi connectivity index (χ0) is 13.0. The first kappa shape index (κ1) is 13.4. The van der Waals surface area contributed by atoms with Gasteiger partial charge in [-0.05, 0) is 24.7 Å². The number of fused-ring (bicyclic) bond motifs is 1. The third-order valence-electron chi connectivity index (χ3n) is 2.93. The largest absolute Gasteiger partial charge is 0.384 e. The maximum atomic E-state index is 11.4. The summed E-state index contributed by atoms with van der Waals surface area (Å²) in [5, 5.41) is 6.09. The minimum absolute atomic E-state index is 0.0709. The van der Waals surface area contributed by atoms with Crippen LogP contribution in [0.3, 0.4) is 0 Å². The Balaban J connectivity index is 2.22. The van der Waals surface area contributed by atoms with Crippen LogP contribution in [0.15, 0.2) is 23.1 Å². The summed E-state index contributed by atoms with van der Waals surface area (Å²) in [7, 11) is 3.64. The number of thioether (sulfide) groups is 1. The fraction of sp³-hybridized carbons (Fsp3) is 0.462.